The molecule has 0 aromatic rings. The highest BCUT2D eigenvalue weighted by Gasteiger charge is 2.46. The van der Waals surface area contributed by atoms with Crippen LogP contribution in [0, 0.1) is 0 Å². The van der Waals surface area contributed by atoms with Crippen LogP contribution in [0.15, 0.2) is 0 Å². The summed E-state index contributed by atoms with van der Waals surface area (Å²) in [6.07, 6.45) is -15.0. The highest BCUT2D eigenvalue weighted by molar-refractivity contribution is 7.89. The van der Waals surface area contributed by atoms with E-state index in [4.69, 9.17) is 28.1 Å². The van der Waals surface area contributed by atoms with E-state index in [-0.39, 0.29) is 12.3 Å². The van der Waals surface area contributed by atoms with Crippen LogP contribution in [0.2, 0.25) is 0 Å². The van der Waals surface area contributed by atoms with Gasteiger partial charge in [-0.1, -0.05) is 0 Å². The SMILES string of the molecule is OC[C@H]1O[C@@H](OSO[C@@H]2O[C@H](CO)[C@H](O)[C@H](O)[C@H]2O)[C@H](O)[C@@H](O)[C@H]1O. The fourth-order valence-electron chi connectivity index (χ4n) is 2.39. The van der Waals surface area contributed by atoms with Gasteiger partial charge in [0.25, 0.3) is 0 Å². The first kappa shape index (κ1) is 21.2. The van der Waals surface area contributed by atoms with Crippen LogP contribution in [0.3, 0.4) is 0 Å². The minimum Gasteiger partial charge on any atom is -0.394 e. The molecule has 0 aliphatic carbocycles. The van der Waals surface area contributed by atoms with Gasteiger partial charge < -0.3 is 50.3 Å². The van der Waals surface area contributed by atoms with Crippen molar-refractivity contribution in [3.8, 4) is 0 Å². The van der Waals surface area contributed by atoms with Crippen LogP contribution in [0.25, 0.3) is 0 Å². The molecule has 12 nitrogen and oxygen atoms in total. The maximum atomic E-state index is 9.77. The Morgan fingerprint density at radius 2 is 0.960 bits per heavy atom. The van der Waals surface area contributed by atoms with Crippen molar-refractivity contribution < 1.29 is 58.7 Å². The minimum absolute atomic E-state index is 0.187. The van der Waals surface area contributed by atoms with Gasteiger partial charge in [0.15, 0.2) is 12.3 Å². The van der Waals surface area contributed by atoms with Crippen LogP contribution >= 0.6 is 12.3 Å². The molecule has 0 saturated carbocycles. The van der Waals surface area contributed by atoms with E-state index in [0.717, 1.165) is 0 Å². The summed E-state index contributed by atoms with van der Waals surface area (Å²) in [5.74, 6) is 0. The lowest BCUT2D eigenvalue weighted by Gasteiger charge is -2.40. The third kappa shape index (κ3) is 4.59. The molecule has 2 heterocycles. The van der Waals surface area contributed by atoms with E-state index in [9.17, 15) is 30.6 Å². The molecule has 10 atom stereocenters. The second-order valence-electron chi connectivity index (χ2n) is 5.66. The van der Waals surface area contributed by atoms with Gasteiger partial charge in [-0.3, -0.25) is 8.37 Å². The standard InChI is InChI=1S/C12H22O12S/c13-1-3-5(15)7(17)9(19)11(21-3)23-25-24-12-10(20)8(18)6(16)4(2-14)22-12/h3-20H,1-2H2/t3-,4-,5+,6+,7+,8+,9-,10-,11+,12+/m1/s1. The van der Waals surface area contributed by atoms with Crippen molar-refractivity contribution in [3.63, 3.8) is 0 Å². The number of hydrogen-bond donors (Lipinski definition) is 8. The first-order chi connectivity index (χ1) is 11.8. The fourth-order valence-corrected chi connectivity index (χ4v) is 2.91. The summed E-state index contributed by atoms with van der Waals surface area (Å²) < 4.78 is 20.1. The Morgan fingerprint density at radius 1 is 0.600 bits per heavy atom. The second-order valence-corrected chi connectivity index (χ2v) is 6.18. The largest absolute Gasteiger partial charge is 0.394 e. The Balaban J connectivity index is 1.87. The Bertz CT molecular complexity index is 376. The molecule has 148 valence electrons. The predicted octanol–water partition coefficient (Wildman–Crippen LogP) is -4.82. The molecule has 8 N–H and O–H groups in total. The van der Waals surface area contributed by atoms with E-state index in [1.54, 1.807) is 0 Å². The van der Waals surface area contributed by atoms with Crippen LogP contribution in [0.4, 0.5) is 0 Å². The van der Waals surface area contributed by atoms with Crippen LogP contribution in [-0.2, 0) is 17.8 Å². The van der Waals surface area contributed by atoms with Crippen molar-refractivity contribution >= 4 is 12.3 Å². The fraction of sp³-hybridized carbons (Fsp3) is 1.00. The first-order valence-electron chi connectivity index (χ1n) is 7.41. The van der Waals surface area contributed by atoms with E-state index in [1.165, 1.54) is 0 Å². The molecule has 25 heavy (non-hydrogen) atoms. The molecule has 0 bridgehead atoms. The predicted molar refractivity (Wildman–Crippen MR) is 77.3 cm³/mol. The van der Waals surface area contributed by atoms with Crippen molar-refractivity contribution in [2.75, 3.05) is 13.2 Å². The van der Waals surface area contributed by atoms with Gasteiger partial charge >= 0.3 is 0 Å². The van der Waals surface area contributed by atoms with Crippen LogP contribution < -0.4 is 0 Å². The lowest BCUT2D eigenvalue weighted by Crippen LogP contribution is -2.59. The number of rotatable bonds is 6. The summed E-state index contributed by atoms with van der Waals surface area (Å²) in [4.78, 5) is 0. The minimum atomic E-state index is -1.65. The van der Waals surface area contributed by atoms with Gasteiger partial charge in [0.05, 0.1) is 13.2 Å². The lowest BCUT2D eigenvalue weighted by atomic mass is 9.99. The molecule has 0 radical (unpaired) electrons. The van der Waals surface area contributed by atoms with E-state index >= 15 is 0 Å². The highest BCUT2D eigenvalue weighted by atomic mass is 32.2. The molecule has 0 unspecified atom stereocenters. The Hall–Kier alpha value is -0.130. The summed E-state index contributed by atoms with van der Waals surface area (Å²) in [6.45, 7) is -1.27. The summed E-state index contributed by atoms with van der Waals surface area (Å²) in [6, 6.07) is 0. The van der Waals surface area contributed by atoms with Crippen molar-refractivity contribution in [2.45, 2.75) is 61.4 Å². The zero-order valence-electron chi connectivity index (χ0n) is 12.8. The average molecular weight is 390 g/mol. The number of hydrogen-bond acceptors (Lipinski definition) is 13. The van der Waals surface area contributed by atoms with E-state index < -0.39 is 74.6 Å². The van der Waals surface area contributed by atoms with E-state index in [1.807, 2.05) is 0 Å². The zero-order valence-corrected chi connectivity index (χ0v) is 13.6. The summed E-state index contributed by atoms with van der Waals surface area (Å²) >= 11 is 0.187. The average Bonchev–Trinajstić information content (AvgIpc) is 2.61. The lowest BCUT2D eigenvalue weighted by molar-refractivity contribution is -0.285. The topological polar surface area (TPSA) is 199 Å². The summed E-state index contributed by atoms with van der Waals surface area (Å²) in [7, 11) is 0. The Labute approximate surface area is 146 Å². The first-order valence-corrected chi connectivity index (χ1v) is 8.08. The second kappa shape index (κ2) is 9.18. The molecule has 0 spiro atoms. The molecule has 2 aliphatic rings. The maximum Gasteiger partial charge on any atom is 0.202 e. The van der Waals surface area contributed by atoms with Crippen molar-refractivity contribution in [1.82, 2.24) is 0 Å². The number of ether oxygens (including phenoxy) is 2. The molecule has 0 aromatic heterocycles. The third-order valence-corrected chi connectivity index (χ3v) is 4.50. The molecule has 2 saturated heterocycles. The molecule has 2 rings (SSSR count). The summed E-state index contributed by atoms with van der Waals surface area (Å²) in [5.41, 5.74) is 0. The molecule has 0 amide bonds. The Kier molecular flexibility index (Phi) is 7.78. The van der Waals surface area contributed by atoms with Crippen molar-refractivity contribution in [2.24, 2.45) is 0 Å². The van der Waals surface area contributed by atoms with E-state index in [2.05, 4.69) is 0 Å². The molecule has 13 heteroatoms. The number of aliphatic hydroxyl groups is 8. The Morgan fingerprint density at radius 3 is 1.28 bits per heavy atom. The van der Waals surface area contributed by atoms with Crippen LogP contribution in [0.1, 0.15) is 0 Å². The van der Waals surface area contributed by atoms with Gasteiger partial charge in [0.1, 0.15) is 48.8 Å². The van der Waals surface area contributed by atoms with Gasteiger partial charge in [-0.05, 0) is 0 Å². The molecular weight excluding hydrogens is 368 g/mol. The van der Waals surface area contributed by atoms with Gasteiger partial charge in [-0.2, -0.15) is 0 Å². The van der Waals surface area contributed by atoms with Crippen molar-refractivity contribution in [1.29, 1.82) is 0 Å². The highest BCUT2D eigenvalue weighted by Crippen LogP contribution is 2.29. The third-order valence-electron chi connectivity index (χ3n) is 3.97. The summed E-state index contributed by atoms with van der Waals surface area (Å²) in [5, 5.41) is 76.2. The van der Waals surface area contributed by atoms with Gasteiger partial charge in [-0.25, -0.2) is 0 Å². The smallest absolute Gasteiger partial charge is 0.202 e. The van der Waals surface area contributed by atoms with E-state index in [0.29, 0.717) is 0 Å². The quantitative estimate of drug-likeness (QED) is 0.201. The van der Waals surface area contributed by atoms with Gasteiger partial charge in [-0.15, -0.1) is 0 Å². The van der Waals surface area contributed by atoms with Crippen molar-refractivity contribution in [3.05, 3.63) is 0 Å². The normalized spacial score (nSPS) is 48.5. The van der Waals surface area contributed by atoms with Gasteiger partial charge in [0.2, 0.25) is 12.6 Å². The van der Waals surface area contributed by atoms with Gasteiger partial charge in [0, 0.05) is 0 Å². The molecule has 0 aromatic carbocycles. The molecular formula is C12H22O12S. The van der Waals surface area contributed by atoms with Crippen LogP contribution in [-0.4, -0.2) is 115 Å². The molecule has 2 aliphatic heterocycles. The monoisotopic (exact) mass is 390 g/mol. The number of aliphatic hydroxyl groups excluding tert-OH is 8. The molecule has 2 fully saturated rings. The van der Waals surface area contributed by atoms with Crippen LogP contribution in [0.5, 0.6) is 0 Å². The zero-order chi connectivity index (χ0) is 18.7. The maximum absolute atomic E-state index is 9.77.